The fraction of sp³-hybridized carbons (Fsp3) is 0.476. The number of ether oxygens (including phenoxy) is 1. The lowest BCUT2D eigenvalue weighted by molar-refractivity contribution is -0.145. The van der Waals surface area contributed by atoms with Crippen LogP contribution >= 0.6 is 0 Å². The van der Waals surface area contributed by atoms with Gasteiger partial charge in [0.2, 0.25) is 5.91 Å². The van der Waals surface area contributed by atoms with Crippen molar-refractivity contribution in [2.45, 2.75) is 57.9 Å². The van der Waals surface area contributed by atoms with Crippen molar-refractivity contribution in [2.75, 3.05) is 6.61 Å². The van der Waals surface area contributed by atoms with Crippen LogP contribution in [0.3, 0.4) is 0 Å². The Kier molecular flexibility index (Phi) is 8.55. The van der Waals surface area contributed by atoms with E-state index in [0.29, 0.717) is 0 Å². The average Bonchev–Trinajstić information content (AvgIpc) is 2.62. The Morgan fingerprint density at radius 2 is 1.67 bits per heavy atom. The molecule has 146 valence electrons. The SMILES string of the molecule is CC(=O)N/C(=C/c1ccccc1)C(=O)OCC(=O)NC1CCCCCCC1. The van der Waals surface area contributed by atoms with Gasteiger partial charge in [0.25, 0.3) is 5.91 Å². The molecule has 1 aliphatic carbocycles. The second-order valence-electron chi connectivity index (χ2n) is 6.84. The highest BCUT2D eigenvalue weighted by molar-refractivity contribution is 5.98. The van der Waals surface area contributed by atoms with Crippen LogP contribution in [0.15, 0.2) is 36.0 Å². The van der Waals surface area contributed by atoms with Crippen molar-refractivity contribution in [3.05, 3.63) is 41.6 Å². The third kappa shape index (κ3) is 8.07. The zero-order valence-corrected chi connectivity index (χ0v) is 15.8. The number of hydrogen-bond donors (Lipinski definition) is 2. The Balaban J connectivity index is 1.89. The second kappa shape index (κ2) is 11.2. The molecule has 0 bridgehead atoms. The summed E-state index contributed by atoms with van der Waals surface area (Å²) in [7, 11) is 0. The van der Waals surface area contributed by atoms with Crippen LogP contribution in [0.1, 0.15) is 57.4 Å². The van der Waals surface area contributed by atoms with Gasteiger partial charge in [-0.1, -0.05) is 62.4 Å². The highest BCUT2D eigenvalue weighted by Crippen LogP contribution is 2.17. The number of rotatable bonds is 6. The van der Waals surface area contributed by atoms with E-state index in [4.69, 9.17) is 4.74 Å². The molecule has 0 saturated heterocycles. The fourth-order valence-electron chi connectivity index (χ4n) is 3.13. The number of amides is 2. The zero-order valence-electron chi connectivity index (χ0n) is 15.8. The van der Waals surface area contributed by atoms with Gasteiger partial charge in [-0.2, -0.15) is 0 Å². The van der Waals surface area contributed by atoms with E-state index in [2.05, 4.69) is 10.6 Å². The maximum atomic E-state index is 12.3. The topological polar surface area (TPSA) is 84.5 Å². The largest absolute Gasteiger partial charge is 0.451 e. The fourth-order valence-corrected chi connectivity index (χ4v) is 3.13. The Morgan fingerprint density at radius 1 is 1.04 bits per heavy atom. The Morgan fingerprint density at radius 3 is 2.30 bits per heavy atom. The van der Waals surface area contributed by atoms with Gasteiger partial charge in [-0.25, -0.2) is 4.79 Å². The number of esters is 1. The van der Waals surface area contributed by atoms with E-state index in [9.17, 15) is 14.4 Å². The molecular weight excluding hydrogens is 344 g/mol. The molecule has 27 heavy (non-hydrogen) atoms. The third-order valence-electron chi connectivity index (χ3n) is 4.45. The van der Waals surface area contributed by atoms with Crippen molar-refractivity contribution in [1.82, 2.24) is 10.6 Å². The molecule has 0 aliphatic heterocycles. The number of hydrogen-bond acceptors (Lipinski definition) is 4. The van der Waals surface area contributed by atoms with Gasteiger partial charge in [0.1, 0.15) is 5.70 Å². The first-order valence-electron chi connectivity index (χ1n) is 9.55. The monoisotopic (exact) mass is 372 g/mol. The molecule has 0 heterocycles. The predicted molar refractivity (Wildman–Crippen MR) is 103 cm³/mol. The van der Waals surface area contributed by atoms with Gasteiger partial charge in [0.05, 0.1) is 0 Å². The van der Waals surface area contributed by atoms with E-state index in [1.807, 2.05) is 18.2 Å². The van der Waals surface area contributed by atoms with E-state index in [1.54, 1.807) is 12.1 Å². The molecule has 0 aromatic heterocycles. The highest BCUT2D eigenvalue weighted by atomic mass is 16.5. The normalized spacial score (nSPS) is 16.0. The Labute approximate surface area is 160 Å². The van der Waals surface area contributed by atoms with Crippen LogP contribution in [0, 0.1) is 0 Å². The molecule has 0 atom stereocenters. The van der Waals surface area contributed by atoms with E-state index in [1.165, 1.54) is 32.3 Å². The maximum absolute atomic E-state index is 12.3. The van der Waals surface area contributed by atoms with Gasteiger partial charge in [-0.15, -0.1) is 0 Å². The molecule has 1 aliphatic rings. The first-order chi connectivity index (χ1) is 13.0. The molecular formula is C21H28N2O4. The van der Waals surface area contributed by atoms with Gasteiger partial charge < -0.3 is 15.4 Å². The third-order valence-corrected chi connectivity index (χ3v) is 4.45. The summed E-state index contributed by atoms with van der Waals surface area (Å²) in [5.74, 6) is -1.43. The van der Waals surface area contributed by atoms with Crippen LogP contribution in [0.25, 0.3) is 6.08 Å². The summed E-state index contributed by atoms with van der Waals surface area (Å²) >= 11 is 0. The van der Waals surface area contributed by atoms with Crippen molar-refractivity contribution in [3.63, 3.8) is 0 Å². The summed E-state index contributed by atoms with van der Waals surface area (Å²) in [5, 5.41) is 5.41. The number of benzene rings is 1. The van der Waals surface area contributed by atoms with Crippen molar-refractivity contribution in [2.24, 2.45) is 0 Å². The van der Waals surface area contributed by atoms with Crippen molar-refractivity contribution in [1.29, 1.82) is 0 Å². The van der Waals surface area contributed by atoms with Gasteiger partial charge >= 0.3 is 5.97 Å². The van der Waals surface area contributed by atoms with Crippen LogP contribution in [0.4, 0.5) is 0 Å². The minimum Gasteiger partial charge on any atom is -0.451 e. The van der Waals surface area contributed by atoms with E-state index in [0.717, 1.165) is 31.2 Å². The molecule has 2 N–H and O–H groups in total. The molecule has 0 unspecified atom stereocenters. The number of carbonyl (C=O) groups is 3. The highest BCUT2D eigenvalue weighted by Gasteiger charge is 2.17. The van der Waals surface area contributed by atoms with Crippen LogP contribution < -0.4 is 10.6 Å². The minimum atomic E-state index is -0.734. The Hall–Kier alpha value is -2.63. The number of nitrogens with one attached hydrogen (secondary N) is 2. The van der Waals surface area contributed by atoms with E-state index in [-0.39, 0.29) is 30.2 Å². The standard InChI is InChI=1S/C21H28N2O4/c1-16(24)22-19(14-17-10-6-5-7-11-17)21(26)27-15-20(25)23-18-12-8-3-2-4-9-13-18/h5-7,10-11,14,18H,2-4,8-9,12-13,15H2,1H3,(H,22,24)(H,23,25)/b19-14+. The summed E-state index contributed by atoms with van der Waals surface area (Å²) in [6.07, 6.45) is 9.33. The smallest absolute Gasteiger partial charge is 0.355 e. The molecule has 1 saturated carbocycles. The van der Waals surface area contributed by atoms with E-state index < -0.39 is 5.97 Å². The lowest BCUT2D eigenvalue weighted by atomic mass is 9.97. The van der Waals surface area contributed by atoms with Gasteiger partial charge in [0, 0.05) is 13.0 Å². The summed E-state index contributed by atoms with van der Waals surface area (Å²) in [6.45, 7) is 0.953. The summed E-state index contributed by atoms with van der Waals surface area (Å²) in [6, 6.07) is 9.25. The molecule has 1 aromatic rings. The zero-order chi connectivity index (χ0) is 19.5. The molecule has 0 radical (unpaired) electrons. The Bertz CT molecular complexity index is 662. The van der Waals surface area contributed by atoms with Gasteiger partial charge in [0.15, 0.2) is 6.61 Å². The van der Waals surface area contributed by atoms with Crippen LogP contribution in [0.2, 0.25) is 0 Å². The summed E-state index contributed by atoms with van der Waals surface area (Å²) < 4.78 is 5.10. The van der Waals surface area contributed by atoms with Crippen LogP contribution in [-0.2, 0) is 19.1 Å². The second-order valence-corrected chi connectivity index (χ2v) is 6.84. The number of carbonyl (C=O) groups excluding carboxylic acids is 3. The molecule has 0 spiro atoms. The van der Waals surface area contributed by atoms with Gasteiger partial charge in [-0.3, -0.25) is 9.59 Å². The predicted octanol–water partition coefficient (Wildman–Crippen LogP) is 2.94. The lowest BCUT2D eigenvalue weighted by Gasteiger charge is -2.21. The summed E-state index contributed by atoms with van der Waals surface area (Å²) in [4.78, 5) is 35.8. The first kappa shape index (κ1) is 20.7. The molecule has 2 rings (SSSR count). The maximum Gasteiger partial charge on any atom is 0.355 e. The lowest BCUT2D eigenvalue weighted by Crippen LogP contribution is -2.38. The molecule has 2 amide bonds. The molecule has 6 nitrogen and oxygen atoms in total. The quantitative estimate of drug-likeness (QED) is 0.594. The van der Waals surface area contributed by atoms with Crippen LogP contribution in [-0.4, -0.2) is 30.4 Å². The summed E-state index contributed by atoms with van der Waals surface area (Å²) in [5.41, 5.74) is 0.754. The molecule has 1 aromatic carbocycles. The molecule has 1 fully saturated rings. The van der Waals surface area contributed by atoms with Crippen LogP contribution in [0.5, 0.6) is 0 Å². The minimum absolute atomic E-state index is 0.00690. The first-order valence-corrected chi connectivity index (χ1v) is 9.55. The molecule has 6 heteroatoms. The van der Waals surface area contributed by atoms with E-state index >= 15 is 0 Å². The average molecular weight is 372 g/mol. The van der Waals surface area contributed by atoms with Crippen molar-refractivity contribution < 1.29 is 19.1 Å². The van der Waals surface area contributed by atoms with Gasteiger partial charge in [-0.05, 0) is 24.5 Å². The van der Waals surface area contributed by atoms with Crippen molar-refractivity contribution >= 4 is 23.9 Å². The van der Waals surface area contributed by atoms with Crippen molar-refractivity contribution in [3.8, 4) is 0 Å².